The van der Waals surface area contributed by atoms with E-state index in [1.807, 2.05) is 39.8 Å². The molecule has 0 unspecified atom stereocenters. The highest BCUT2D eigenvalue weighted by Crippen LogP contribution is 2.30. The third-order valence-electron chi connectivity index (χ3n) is 4.57. The van der Waals surface area contributed by atoms with Gasteiger partial charge in [-0.3, -0.25) is 0 Å². The summed E-state index contributed by atoms with van der Waals surface area (Å²) in [4.78, 5) is 21.9. The van der Waals surface area contributed by atoms with E-state index in [0.717, 1.165) is 24.0 Å². The molecule has 29 heavy (non-hydrogen) atoms. The molecule has 0 amide bonds. The molecule has 0 heterocycles. The van der Waals surface area contributed by atoms with Crippen LogP contribution in [0.4, 0.5) is 0 Å². The van der Waals surface area contributed by atoms with Gasteiger partial charge in [-0.1, -0.05) is 24.3 Å². The predicted molar refractivity (Wildman–Crippen MR) is 110 cm³/mol. The zero-order valence-corrected chi connectivity index (χ0v) is 17.3. The Morgan fingerprint density at radius 3 is 1.79 bits per heavy atom. The van der Waals surface area contributed by atoms with Gasteiger partial charge in [0.05, 0.1) is 12.2 Å². The number of aromatic carboxylic acids is 2. The lowest BCUT2D eigenvalue weighted by Gasteiger charge is -2.27. The smallest absolute Gasteiger partial charge is 0.339 e. The first-order valence-electron chi connectivity index (χ1n) is 9.69. The number of benzene rings is 2. The minimum Gasteiger partial charge on any atom is -0.490 e. The number of carboxylic acids is 2. The van der Waals surface area contributed by atoms with Crippen molar-refractivity contribution in [1.29, 1.82) is 0 Å². The summed E-state index contributed by atoms with van der Waals surface area (Å²) in [5.41, 5.74) is 2.22. The van der Waals surface area contributed by atoms with Crippen LogP contribution in [-0.4, -0.2) is 34.4 Å². The second-order valence-electron chi connectivity index (χ2n) is 7.35. The molecule has 1 saturated carbocycles. The Hall–Kier alpha value is -3.02. The van der Waals surface area contributed by atoms with E-state index in [1.165, 1.54) is 6.42 Å². The number of carbonyl (C=O) groups is 2. The molecule has 0 bridgehead atoms. The van der Waals surface area contributed by atoms with Crippen LogP contribution in [0.1, 0.15) is 65.0 Å². The molecule has 1 aliphatic rings. The minimum absolute atomic E-state index is 0.0193. The molecule has 0 radical (unpaired) electrons. The summed E-state index contributed by atoms with van der Waals surface area (Å²) in [6.07, 6.45) is 3.44. The lowest BCUT2D eigenvalue weighted by molar-refractivity contribution is 0.0671. The highest BCUT2D eigenvalue weighted by atomic mass is 16.5. The van der Waals surface area contributed by atoms with Crippen LogP contribution in [0, 0.1) is 13.8 Å². The van der Waals surface area contributed by atoms with Crippen molar-refractivity contribution in [3.63, 3.8) is 0 Å². The van der Waals surface area contributed by atoms with Gasteiger partial charge in [-0.15, -0.1) is 0 Å². The standard InChI is InChI=1S/C12H14O3.C11H14O3/c1-8-4-2-7-10(12(13)14)11(8)15-9-5-3-6-9;1-7(2)14-10-8(3)5-4-6-9(10)11(12)13/h2,4,7,9H,3,5-6H2,1H3,(H,13,14);4-7H,1-3H3,(H,12,13). The van der Waals surface area contributed by atoms with E-state index in [9.17, 15) is 9.59 Å². The molecular weight excluding hydrogens is 372 g/mol. The molecule has 2 aromatic rings. The first-order valence-corrected chi connectivity index (χ1v) is 9.69. The van der Waals surface area contributed by atoms with Crippen LogP contribution < -0.4 is 9.47 Å². The van der Waals surface area contributed by atoms with Gasteiger partial charge < -0.3 is 19.7 Å². The summed E-state index contributed by atoms with van der Waals surface area (Å²) in [7, 11) is 0. The van der Waals surface area contributed by atoms with Crippen molar-refractivity contribution in [1.82, 2.24) is 0 Å². The van der Waals surface area contributed by atoms with E-state index in [4.69, 9.17) is 19.7 Å². The molecule has 6 heteroatoms. The molecule has 2 aromatic carbocycles. The van der Waals surface area contributed by atoms with E-state index in [2.05, 4.69) is 0 Å². The van der Waals surface area contributed by atoms with Gasteiger partial charge in [0, 0.05) is 0 Å². The summed E-state index contributed by atoms with van der Waals surface area (Å²) < 4.78 is 11.1. The van der Waals surface area contributed by atoms with Crippen LogP contribution in [0.3, 0.4) is 0 Å². The van der Waals surface area contributed by atoms with E-state index in [1.54, 1.807) is 24.3 Å². The fraction of sp³-hybridized carbons (Fsp3) is 0.391. The highest BCUT2D eigenvalue weighted by molar-refractivity contribution is 5.91. The maximum Gasteiger partial charge on any atom is 0.339 e. The van der Waals surface area contributed by atoms with Crippen molar-refractivity contribution in [2.24, 2.45) is 0 Å². The Morgan fingerprint density at radius 1 is 0.897 bits per heavy atom. The Balaban J connectivity index is 0.000000208. The molecule has 156 valence electrons. The van der Waals surface area contributed by atoms with Crippen LogP contribution >= 0.6 is 0 Å². The average molecular weight is 400 g/mol. The number of para-hydroxylation sites is 2. The summed E-state index contributed by atoms with van der Waals surface area (Å²) in [5.74, 6) is -0.873. The van der Waals surface area contributed by atoms with Crippen LogP contribution in [0.15, 0.2) is 36.4 Å². The molecule has 0 atom stereocenters. The number of carboxylic acid groups (broad SMARTS) is 2. The highest BCUT2D eigenvalue weighted by Gasteiger charge is 2.22. The normalized spacial score (nSPS) is 13.1. The van der Waals surface area contributed by atoms with Crippen LogP contribution in [0.25, 0.3) is 0 Å². The van der Waals surface area contributed by atoms with Crippen molar-refractivity contribution in [2.75, 3.05) is 0 Å². The number of aryl methyl sites for hydroxylation is 2. The largest absolute Gasteiger partial charge is 0.490 e. The topological polar surface area (TPSA) is 93.1 Å². The van der Waals surface area contributed by atoms with Gasteiger partial charge in [0.15, 0.2) is 0 Å². The summed E-state index contributed by atoms with van der Waals surface area (Å²) in [6, 6.07) is 10.3. The maximum atomic E-state index is 11.0. The third kappa shape index (κ3) is 5.98. The zero-order chi connectivity index (χ0) is 21.6. The maximum absolute atomic E-state index is 11.0. The van der Waals surface area contributed by atoms with Gasteiger partial charge in [0.2, 0.25) is 0 Å². The number of ether oxygens (including phenoxy) is 2. The predicted octanol–water partition coefficient (Wildman–Crippen LogP) is 5.10. The molecule has 0 aliphatic heterocycles. The Labute approximate surface area is 171 Å². The van der Waals surface area contributed by atoms with Crippen molar-refractivity contribution in [3.8, 4) is 11.5 Å². The van der Waals surface area contributed by atoms with Gasteiger partial charge in [-0.2, -0.15) is 0 Å². The van der Waals surface area contributed by atoms with E-state index in [-0.39, 0.29) is 23.3 Å². The minimum atomic E-state index is -0.954. The third-order valence-corrected chi connectivity index (χ3v) is 4.57. The number of rotatable bonds is 6. The van der Waals surface area contributed by atoms with Gasteiger partial charge in [0.1, 0.15) is 22.6 Å². The lowest BCUT2D eigenvalue weighted by atomic mass is 9.96. The molecule has 2 N–H and O–H groups in total. The molecule has 0 aromatic heterocycles. The van der Waals surface area contributed by atoms with E-state index >= 15 is 0 Å². The van der Waals surface area contributed by atoms with Gasteiger partial charge in [-0.05, 0) is 70.2 Å². The van der Waals surface area contributed by atoms with Crippen LogP contribution in [-0.2, 0) is 0 Å². The fourth-order valence-electron chi connectivity index (χ4n) is 2.85. The van der Waals surface area contributed by atoms with Crippen molar-refractivity contribution >= 4 is 11.9 Å². The molecule has 6 nitrogen and oxygen atoms in total. The first-order chi connectivity index (χ1) is 13.7. The lowest BCUT2D eigenvalue weighted by Crippen LogP contribution is -2.25. The molecule has 1 aliphatic carbocycles. The Kier molecular flexibility index (Phi) is 7.65. The molecule has 1 fully saturated rings. The molecule has 0 spiro atoms. The molecule has 0 saturated heterocycles. The molecule has 3 rings (SSSR count). The number of hydrogen-bond acceptors (Lipinski definition) is 4. The van der Waals surface area contributed by atoms with Crippen molar-refractivity contribution < 1.29 is 29.3 Å². The van der Waals surface area contributed by atoms with Gasteiger partial charge >= 0.3 is 11.9 Å². The Morgan fingerprint density at radius 2 is 1.38 bits per heavy atom. The monoisotopic (exact) mass is 400 g/mol. The number of hydrogen-bond donors (Lipinski definition) is 2. The van der Waals surface area contributed by atoms with Crippen molar-refractivity contribution in [3.05, 3.63) is 58.7 Å². The molecular formula is C23H28O6. The second kappa shape index (κ2) is 9.96. The Bertz CT molecular complexity index is 868. The summed E-state index contributed by atoms with van der Waals surface area (Å²) in [6.45, 7) is 7.46. The first kappa shape index (κ1) is 22.3. The zero-order valence-electron chi connectivity index (χ0n) is 17.3. The van der Waals surface area contributed by atoms with Gasteiger partial charge in [-0.25, -0.2) is 9.59 Å². The average Bonchev–Trinajstić information content (AvgIpc) is 2.60. The summed E-state index contributed by atoms with van der Waals surface area (Å²) in [5, 5.41) is 17.9. The van der Waals surface area contributed by atoms with E-state index < -0.39 is 11.9 Å². The van der Waals surface area contributed by atoms with Crippen molar-refractivity contribution in [2.45, 2.75) is 59.2 Å². The second-order valence-corrected chi connectivity index (χ2v) is 7.35. The van der Waals surface area contributed by atoms with E-state index in [0.29, 0.717) is 11.5 Å². The van der Waals surface area contributed by atoms with Crippen LogP contribution in [0.2, 0.25) is 0 Å². The SMILES string of the molecule is Cc1cccc(C(=O)O)c1OC(C)C.Cc1cccc(C(=O)O)c1OC1CCC1. The summed E-state index contributed by atoms with van der Waals surface area (Å²) >= 11 is 0. The van der Waals surface area contributed by atoms with Gasteiger partial charge in [0.25, 0.3) is 0 Å². The quantitative estimate of drug-likeness (QED) is 0.700. The fourth-order valence-corrected chi connectivity index (χ4v) is 2.85. The van der Waals surface area contributed by atoms with Crippen LogP contribution in [0.5, 0.6) is 11.5 Å².